The van der Waals surface area contributed by atoms with Crippen LogP contribution >= 0.6 is 11.8 Å². The SMILES string of the molecule is CC(C)(N)CSC1CCCC1. The number of thioether (sulfide) groups is 1. The molecule has 0 heterocycles. The van der Waals surface area contributed by atoms with Gasteiger partial charge in [0.15, 0.2) is 0 Å². The molecule has 0 atom stereocenters. The molecule has 1 saturated carbocycles. The van der Waals surface area contributed by atoms with Gasteiger partial charge in [0.05, 0.1) is 0 Å². The quantitative estimate of drug-likeness (QED) is 0.709. The van der Waals surface area contributed by atoms with Crippen molar-refractivity contribution in [3.05, 3.63) is 0 Å². The Labute approximate surface area is 74.1 Å². The molecule has 1 aliphatic rings. The van der Waals surface area contributed by atoms with Crippen molar-refractivity contribution in [3.8, 4) is 0 Å². The zero-order valence-electron chi connectivity index (χ0n) is 7.60. The third-order valence-electron chi connectivity index (χ3n) is 1.99. The van der Waals surface area contributed by atoms with Gasteiger partial charge in [-0.25, -0.2) is 0 Å². The fourth-order valence-electron chi connectivity index (χ4n) is 1.39. The predicted molar refractivity (Wildman–Crippen MR) is 53.0 cm³/mol. The highest BCUT2D eigenvalue weighted by atomic mass is 32.2. The predicted octanol–water partition coefficient (Wildman–Crippen LogP) is 2.40. The maximum atomic E-state index is 5.89. The summed E-state index contributed by atoms with van der Waals surface area (Å²) in [4.78, 5) is 0. The highest BCUT2D eigenvalue weighted by Gasteiger charge is 2.18. The van der Waals surface area contributed by atoms with Gasteiger partial charge in [0, 0.05) is 16.5 Å². The van der Waals surface area contributed by atoms with Crippen molar-refractivity contribution in [2.45, 2.75) is 50.3 Å². The highest BCUT2D eigenvalue weighted by molar-refractivity contribution is 8.00. The van der Waals surface area contributed by atoms with Crippen molar-refractivity contribution in [1.82, 2.24) is 0 Å². The van der Waals surface area contributed by atoms with E-state index in [2.05, 4.69) is 25.6 Å². The first-order chi connectivity index (χ1) is 5.08. The van der Waals surface area contributed by atoms with Crippen molar-refractivity contribution < 1.29 is 0 Å². The number of nitrogens with two attached hydrogens (primary N) is 1. The smallest absolute Gasteiger partial charge is 0.0188 e. The standard InChI is InChI=1S/C9H19NS/c1-9(2,10)7-11-8-5-3-4-6-8/h8H,3-7,10H2,1-2H3. The Kier molecular flexibility index (Phi) is 3.26. The third kappa shape index (κ3) is 4.02. The van der Waals surface area contributed by atoms with Crippen LogP contribution in [-0.4, -0.2) is 16.5 Å². The molecule has 0 aromatic carbocycles. The summed E-state index contributed by atoms with van der Waals surface area (Å²) >= 11 is 2.07. The van der Waals surface area contributed by atoms with E-state index in [1.54, 1.807) is 0 Å². The Morgan fingerprint density at radius 3 is 2.36 bits per heavy atom. The number of hydrogen-bond donors (Lipinski definition) is 1. The summed E-state index contributed by atoms with van der Waals surface area (Å²) in [6.45, 7) is 4.21. The van der Waals surface area contributed by atoms with Crippen LogP contribution in [-0.2, 0) is 0 Å². The van der Waals surface area contributed by atoms with Crippen LogP contribution in [0.15, 0.2) is 0 Å². The lowest BCUT2D eigenvalue weighted by molar-refractivity contribution is 0.589. The molecule has 0 spiro atoms. The van der Waals surface area contributed by atoms with E-state index >= 15 is 0 Å². The minimum atomic E-state index is 0.0211. The largest absolute Gasteiger partial charge is 0.325 e. The Bertz CT molecular complexity index is 111. The van der Waals surface area contributed by atoms with Gasteiger partial charge in [-0.15, -0.1) is 0 Å². The molecule has 1 rings (SSSR count). The molecule has 1 fully saturated rings. The first kappa shape index (κ1) is 9.40. The normalized spacial score (nSPS) is 21.0. The van der Waals surface area contributed by atoms with E-state index < -0.39 is 0 Å². The second-order valence-corrected chi connectivity index (χ2v) is 5.49. The van der Waals surface area contributed by atoms with Crippen LogP contribution in [0.25, 0.3) is 0 Å². The van der Waals surface area contributed by atoms with Gasteiger partial charge in [-0.05, 0) is 26.7 Å². The van der Waals surface area contributed by atoms with Crippen LogP contribution in [0, 0.1) is 0 Å². The average Bonchev–Trinajstić information content (AvgIpc) is 2.32. The van der Waals surface area contributed by atoms with Gasteiger partial charge < -0.3 is 5.73 Å². The molecule has 0 unspecified atom stereocenters. The molecule has 0 amide bonds. The fourth-order valence-corrected chi connectivity index (χ4v) is 2.72. The van der Waals surface area contributed by atoms with Gasteiger partial charge in [-0.2, -0.15) is 11.8 Å². The topological polar surface area (TPSA) is 26.0 Å². The lowest BCUT2D eigenvalue weighted by Gasteiger charge is -2.20. The molecule has 0 saturated heterocycles. The van der Waals surface area contributed by atoms with Gasteiger partial charge in [0.25, 0.3) is 0 Å². The summed E-state index contributed by atoms with van der Waals surface area (Å²) in [6.07, 6.45) is 5.70. The Hall–Kier alpha value is 0.310. The first-order valence-corrected chi connectivity index (χ1v) is 5.53. The summed E-state index contributed by atoms with van der Waals surface area (Å²) < 4.78 is 0. The molecule has 66 valence electrons. The van der Waals surface area contributed by atoms with Crippen molar-refractivity contribution >= 4 is 11.8 Å². The van der Waals surface area contributed by atoms with E-state index in [0.717, 1.165) is 11.0 Å². The van der Waals surface area contributed by atoms with Crippen molar-refractivity contribution in [3.63, 3.8) is 0 Å². The second kappa shape index (κ2) is 3.81. The minimum Gasteiger partial charge on any atom is -0.325 e. The summed E-state index contributed by atoms with van der Waals surface area (Å²) in [5.74, 6) is 1.11. The number of rotatable bonds is 3. The van der Waals surface area contributed by atoms with Gasteiger partial charge in [-0.1, -0.05) is 12.8 Å². The van der Waals surface area contributed by atoms with Crippen LogP contribution in [0.3, 0.4) is 0 Å². The lowest BCUT2D eigenvalue weighted by Crippen LogP contribution is -2.35. The Balaban J connectivity index is 2.11. The molecule has 0 aliphatic heterocycles. The molecule has 1 nitrogen and oxygen atoms in total. The molecular formula is C9H19NS. The molecule has 0 aromatic rings. The van der Waals surface area contributed by atoms with Crippen LogP contribution in [0.2, 0.25) is 0 Å². The van der Waals surface area contributed by atoms with Gasteiger partial charge >= 0.3 is 0 Å². The monoisotopic (exact) mass is 173 g/mol. The summed E-state index contributed by atoms with van der Waals surface area (Å²) in [7, 11) is 0. The zero-order chi connectivity index (χ0) is 8.32. The van der Waals surface area contributed by atoms with E-state index in [-0.39, 0.29) is 5.54 Å². The van der Waals surface area contributed by atoms with E-state index in [4.69, 9.17) is 5.73 Å². The van der Waals surface area contributed by atoms with Crippen LogP contribution < -0.4 is 5.73 Å². The van der Waals surface area contributed by atoms with Gasteiger partial charge in [-0.3, -0.25) is 0 Å². The van der Waals surface area contributed by atoms with Gasteiger partial charge in [0.1, 0.15) is 0 Å². The Morgan fingerprint density at radius 2 is 1.91 bits per heavy atom. The maximum Gasteiger partial charge on any atom is 0.0188 e. The molecule has 0 radical (unpaired) electrons. The van der Waals surface area contributed by atoms with Crippen LogP contribution in [0.1, 0.15) is 39.5 Å². The van der Waals surface area contributed by atoms with Crippen LogP contribution in [0.5, 0.6) is 0 Å². The van der Waals surface area contributed by atoms with Crippen LogP contribution in [0.4, 0.5) is 0 Å². The third-order valence-corrected chi connectivity index (χ3v) is 3.85. The van der Waals surface area contributed by atoms with E-state index in [0.29, 0.717) is 0 Å². The summed E-state index contributed by atoms with van der Waals surface area (Å²) in [5.41, 5.74) is 5.91. The summed E-state index contributed by atoms with van der Waals surface area (Å²) in [6, 6.07) is 0. The fraction of sp³-hybridized carbons (Fsp3) is 1.00. The molecule has 0 bridgehead atoms. The lowest BCUT2D eigenvalue weighted by atomic mass is 10.1. The second-order valence-electron chi connectivity index (χ2n) is 4.21. The minimum absolute atomic E-state index is 0.0211. The average molecular weight is 173 g/mol. The maximum absolute atomic E-state index is 5.89. The molecule has 2 heteroatoms. The van der Waals surface area contributed by atoms with Gasteiger partial charge in [0.2, 0.25) is 0 Å². The van der Waals surface area contributed by atoms with E-state index in [1.807, 2.05) is 0 Å². The van der Waals surface area contributed by atoms with Crippen molar-refractivity contribution in [2.24, 2.45) is 5.73 Å². The Morgan fingerprint density at radius 1 is 1.36 bits per heavy atom. The molecule has 1 aliphatic carbocycles. The summed E-state index contributed by atoms with van der Waals surface area (Å²) in [5, 5.41) is 0.915. The number of hydrogen-bond acceptors (Lipinski definition) is 2. The van der Waals surface area contributed by atoms with E-state index in [9.17, 15) is 0 Å². The molecular weight excluding hydrogens is 154 g/mol. The first-order valence-electron chi connectivity index (χ1n) is 4.48. The highest BCUT2D eigenvalue weighted by Crippen LogP contribution is 2.30. The van der Waals surface area contributed by atoms with Crippen molar-refractivity contribution in [2.75, 3.05) is 5.75 Å². The molecule has 0 aromatic heterocycles. The van der Waals surface area contributed by atoms with Crippen molar-refractivity contribution in [1.29, 1.82) is 0 Å². The van der Waals surface area contributed by atoms with E-state index in [1.165, 1.54) is 25.7 Å². The molecule has 2 N–H and O–H groups in total. The zero-order valence-corrected chi connectivity index (χ0v) is 8.41. The molecule has 11 heavy (non-hydrogen) atoms.